The molecule has 0 saturated carbocycles. The smallest absolute Gasteiger partial charge is 0.254 e. The Morgan fingerprint density at radius 1 is 1.15 bits per heavy atom. The van der Waals surface area contributed by atoms with Crippen LogP contribution in [0.25, 0.3) is 0 Å². The molecule has 2 aromatic rings. The van der Waals surface area contributed by atoms with Gasteiger partial charge in [-0.15, -0.1) is 0 Å². The number of rotatable bonds is 5. The molecule has 0 aromatic heterocycles. The standard InChI is InChI=1S/C23H29NO3/c1-17-5-9-19(10-6-17)22(25)24(20-13-14-27-23(2,3)15-20)16-18-7-11-21(26-4)12-8-18/h5-12,20H,13-16H2,1-4H3/t20-/m0/s1. The van der Waals surface area contributed by atoms with Crippen LogP contribution in [-0.4, -0.2) is 36.2 Å². The number of benzene rings is 2. The van der Waals surface area contributed by atoms with Crippen LogP contribution in [0.3, 0.4) is 0 Å². The van der Waals surface area contributed by atoms with Crippen LogP contribution in [-0.2, 0) is 11.3 Å². The van der Waals surface area contributed by atoms with Gasteiger partial charge in [0.25, 0.3) is 5.91 Å². The number of aryl methyl sites for hydroxylation is 1. The Labute approximate surface area is 162 Å². The van der Waals surface area contributed by atoms with Gasteiger partial charge < -0.3 is 14.4 Å². The molecule has 144 valence electrons. The van der Waals surface area contributed by atoms with Gasteiger partial charge in [-0.05, 0) is 63.4 Å². The lowest BCUT2D eigenvalue weighted by atomic mass is 9.92. The summed E-state index contributed by atoms with van der Waals surface area (Å²) in [6.07, 6.45) is 1.69. The van der Waals surface area contributed by atoms with E-state index in [4.69, 9.17) is 9.47 Å². The van der Waals surface area contributed by atoms with Crippen LogP contribution < -0.4 is 4.74 Å². The summed E-state index contributed by atoms with van der Waals surface area (Å²) >= 11 is 0. The van der Waals surface area contributed by atoms with Gasteiger partial charge >= 0.3 is 0 Å². The van der Waals surface area contributed by atoms with Crippen LogP contribution in [0, 0.1) is 6.92 Å². The fourth-order valence-electron chi connectivity index (χ4n) is 3.62. The highest BCUT2D eigenvalue weighted by Gasteiger charge is 2.34. The highest BCUT2D eigenvalue weighted by molar-refractivity contribution is 5.94. The van der Waals surface area contributed by atoms with Gasteiger partial charge in [0.05, 0.1) is 12.7 Å². The molecule has 1 saturated heterocycles. The molecule has 0 spiro atoms. The number of carbonyl (C=O) groups excluding carboxylic acids is 1. The van der Waals surface area contributed by atoms with Crippen LogP contribution in [0.4, 0.5) is 0 Å². The molecule has 4 heteroatoms. The number of methoxy groups -OCH3 is 1. The summed E-state index contributed by atoms with van der Waals surface area (Å²) in [6.45, 7) is 7.49. The van der Waals surface area contributed by atoms with E-state index in [1.54, 1.807) is 7.11 Å². The highest BCUT2D eigenvalue weighted by atomic mass is 16.5. The molecule has 1 aliphatic heterocycles. The zero-order valence-corrected chi connectivity index (χ0v) is 16.7. The summed E-state index contributed by atoms with van der Waals surface area (Å²) in [5, 5.41) is 0. The lowest BCUT2D eigenvalue weighted by Crippen LogP contribution is -2.48. The number of nitrogens with zero attached hydrogens (tertiary/aromatic N) is 1. The summed E-state index contributed by atoms with van der Waals surface area (Å²) in [5.41, 5.74) is 2.77. The second-order valence-corrected chi connectivity index (χ2v) is 7.90. The summed E-state index contributed by atoms with van der Waals surface area (Å²) in [7, 11) is 1.66. The number of hydrogen-bond donors (Lipinski definition) is 0. The van der Waals surface area contributed by atoms with Gasteiger partial charge in [-0.25, -0.2) is 0 Å². The van der Waals surface area contributed by atoms with Gasteiger partial charge in [0.1, 0.15) is 5.75 Å². The van der Waals surface area contributed by atoms with Gasteiger partial charge in [-0.1, -0.05) is 29.8 Å². The van der Waals surface area contributed by atoms with Gasteiger partial charge in [0.15, 0.2) is 0 Å². The third kappa shape index (κ3) is 4.89. The molecule has 2 aromatic carbocycles. The highest BCUT2D eigenvalue weighted by Crippen LogP contribution is 2.29. The molecule has 1 atom stereocenters. The molecule has 1 fully saturated rings. The fraction of sp³-hybridized carbons (Fsp3) is 0.435. The molecule has 0 N–H and O–H groups in total. The Hall–Kier alpha value is -2.33. The van der Waals surface area contributed by atoms with Gasteiger partial charge in [0.2, 0.25) is 0 Å². The monoisotopic (exact) mass is 367 g/mol. The van der Waals surface area contributed by atoms with E-state index in [-0.39, 0.29) is 17.6 Å². The normalized spacial score (nSPS) is 18.7. The van der Waals surface area contributed by atoms with E-state index in [0.29, 0.717) is 13.2 Å². The van der Waals surface area contributed by atoms with Crippen molar-refractivity contribution in [3.05, 3.63) is 65.2 Å². The maximum atomic E-state index is 13.4. The minimum atomic E-state index is -0.214. The van der Waals surface area contributed by atoms with Crippen LogP contribution >= 0.6 is 0 Å². The van der Waals surface area contributed by atoms with Gasteiger partial charge in [0, 0.05) is 24.8 Å². The molecule has 1 amide bonds. The number of amides is 1. The van der Waals surface area contributed by atoms with E-state index in [2.05, 4.69) is 13.8 Å². The minimum Gasteiger partial charge on any atom is -0.497 e. The van der Waals surface area contributed by atoms with E-state index in [1.165, 1.54) is 0 Å². The van der Waals surface area contributed by atoms with Crippen LogP contribution in [0.2, 0.25) is 0 Å². The first kappa shape index (κ1) is 19.4. The molecule has 1 heterocycles. The van der Waals surface area contributed by atoms with E-state index in [1.807, 2.05) is 60.4 Å². The molecule has 0 bridgehead atoms. The zero-order chi connectivity index (χ0) is 19.4. The first-order valence-electron chi connectivity index (χ1n) is 9.52. The SMILES string of the molecule is COc1ccc(CN(C(=O)c2ccc(C)cc2)[C@H]2CCOC(C)(C)C2)cc1. The number of hydrogen-bond acceptors (Lipinski definition) is 3. The van der Waals surface area contributed by atoms with Crippen molar-refractivity contribution >= 4 is 5.91 Å². The van der Waals surface area contributed by atoms with Crippen molar-refractivity contribution in [3.63, 3.8) is 0 Å². The largest absolute Gasteiger partial charge is 0.497 e. The second-order valence-electron chi connectivity index (χ2n) is 7.90. The average Bonchev–Trinajstić information content (AvgIpc) is 2.66. The second kappa shape index (κ2) is 8.13. The van der Waals surface area contributed by atoms with Crippen LogP contribution in [0.5, 0.6) is 5.75 Å². The van der Waals surface area contributed by atoms with Crippen molar-refractivity contribution in [3.8, 4) is 5.75 Å². The van der Waals surface area contributed by atoms with Crippen molar-refractivity contribution < 1.29 is 14.3 Å². The van der Waals surface area contributed by atoms with Crippen LogP contribution in [0.15, 0.2) is 48.5 Å². The number of carbonyl (C=O) groups is 1. The third-order valence-electron chi connectivity index (χ3n) is 5.18. The Bertz CT molecular complexity index is 765. The number of ether oxygens (including phenoxy) is 2. The minimum absolute atomic E-state index is 0.0773. The fourth-order valence-corrected chi connectivity index (χ4v) is 3.62. The van der Waals surface area contributed by atoms with Crippen LogP contribution in [0.1, 0.15) is 48.2 Å². The summed E-state index contributed by atoms with van der Waals surface area (Å²) in [6, 6.07) is 15.9. The molecule has 1 aliphatic rings. The molecule has 3 rings (SSSR count). The molecule has 0 unspecified atom stereocenters. The zero-order valence-electron chi connectivity index (χ0n) is 16.7. The van der Waals surface area contributed by atoms with Crippen molar-refractivity contribution in [1.29, 1.82) is 0 Å². The molecule has 27 heavy (non-hydrogen) atoms. The van der Waals surface area contributed by atoms with E-state index in [9.17, 15) is 4.79 Å². The topological polar surface area (TPSA) is 38.8 Å². The Balaban J connectivity index is 1.87. The maximum Gasteiger partial charge on any atom is 0.254 e. The third-order valence-corrected chi connectivity index (χ3v) is 5.18. The molecule has 4 nitrogen and oxygen atoms in total. The first-order chi connectivity index (χ1) is 12.9. The Morgan fingerprint density at radius 2 is 1.81 bits per heavy atom. The molecular formula is C23H29NO3. The lowest BCUT2D eigenvalue weighted by Gasteiger charge is -2.41. The summed E-state index contributed by atoms with van der Waals surface area (Å²) in [4.78, 5) is 15.4. The lowest BCUT2D eigenvalue weighted by molar-refractivity contribution is -0.0792. The molecular weight excluding hydrogens is 338 g/mol. The molecule has 0 radical (unpaired) electrons. The average molecular weight is 367 g/mol. The van der Waals surface area contributed by atoms with E-state index in [0.717, 1.165) is 35.3 Å². The van der Waals surface area contributed by atoms with Crippen molar-refractivity contribution in [2.24, 2.45) is 0 Å². The predicted molar refractivity (Wildman–Crippen MR) is 107 cm³/mol. The predicted octanol–water partition coefficient (Wildman–Crippen LogP) is 4.60. The van der Waals surface area contributed by atoms with Gasteiger partial charge in [-0.2, -0.15) is 0 Å². The van der Waals surface area contributed by atoms with Gasteiger partial charge in [-0.3, -0.25) is 4.79 Å². The molecule has 0 aliphatic carbocycles. The van der Waals surface area contributed by atoms with E-state index < -0.39 is 0 Å². The van der Waals surface area contributed by atoms with Crippen molar-refractivity contribution in [2.45, 2.75) is 51.8 Å². The Morgan fingerprint density at radius 3 is 2.41 bits per heavy atom. The quantitative estimate of drug-likeness (QED) is 0.775. The van der Waals surface area contributed by atoms with Crippen molar-refractivity contribution in [2.75, 3.05) is 13.7 Å². The van der Waals surface area contributed by atoms with E-state index >= 15 is 0 Å². The van der Waals surface area contributed by atoms with Crippen molar-refractivity contribution in [1.82, 2.24) is 4.90 Å². The summed E-state index contributed by atoms with van der Waals surface area (Å²) in [5.74, 6) is 0.899. The summed E-state index contributed by atoms with van der Waals surface area (Å²) < 4.78 is 11.1. The first-order valence-corrected chi connectivity index (χ1v) is 9.52. The maximum absolute atomic E-state index is 13.4. The Kier molecular flexibility index (Phi) is 5.85.